The van der Waals surface area contributed by atoms with Gasteiger partial charge in [0.05, 0.1) is 11.6 Å². The Morgan fingerprint density at radius 1 is 0.382 bits per heavy atom. The topological polar surface area (TPSA) is 55.1 Å². The lowest BCUT2D eigenvalue weighted by Crippen LogP contribution is -2.30. The van der Waals surface area contributed by atoms with Gasteiger partial charge in [-0.15, -0.1) is 0 Å². The summed E-state index contributed by atoms with van der Waals surface area (Å²) in [6.07, 6.45) is 4.48. The molecule has 0 radical (unpaired) electrons. The van der Waals surface area contributed by atoms with Gasteiger partial charge < -0.3 is 9.32 Å². The molecular weight excluding hydrogens is 829 g/mol. The summed E-state index contributed by atoms with van der Waals surface area (Å²) in [5.74, 6) is 2.65. The Balaban J connectivity index is 0.893. The number of furan rings is 1. The number of hydrogen-bond acceptors (Lipinski definition) is 5. The molecule has 0 bridgehead atoms. The Hall–Kier alpha value is -8.93. The molecule has 0 saturated carbocycles. The number of fused-ring (bicyclic) bond motifs is 7. The molecule has 1 aliphatic heterocycles. The maximum absolute atomic E-state index is 6.97. The van der Waals surface area contributed by atoms with Crippen LogP contribution in [0.1, 0.15) is 22.8 Å². The number of rotatable bonds is 8. The molecule has 3 heterocycles. The van der Waals surface area contributed by atoms with E-state index >= 15 is 0 Å². The van der Waals surface area contributed by atoms with Crippen molar-refractivity contribution in [2.24, 2.45) is 0 Å². The highest BCUT2D eigenvalue weighted by molar-refractivity contribution is 5.98. The smallest absolute Gasteiger partial charge is 0.167 e. The fourth-order valence-electron chi connectivity index (χ4n) is 10.2. The van der Waals surface area contributed by atoms with E-state index in [9.17, 15) is 0 Å². The molecule has 2 unspecified atom stereocenters. The minimum Gasteiger partial charge on any atom is -0.456 e. The van der Waals surface area contributed by atoms with Gasteiger partial charge in [-0.2, -0.15) is 0 Å². The van der Waals surface area contributed by atoms with Crippen LogP contribution in [0.15, 0.2) is 241 Å². The standard InChI is InChI=1S/C63H42N4O/c1-4-14-41(15-5-1)44-26-28-47(29-27-44)50-20-12-21-51(40-50)67-55-25-11-10-22-52(55)58-56(67)38-39-57-59(58)53-23-13-24-54(60(53)68-57)63-65-61(48-34-30-45(31-35-48)42-16-6-2-7-17-42)64-62(66-63)49-36-32-46(33-37-49)43-18-8-3-9-19-43/h1-40,56,58H. The third kappa shape index (κ3) is 6.92. The normalized spacial score (nSPS) is 14.7. The van der Waals surface area contributed by atoms with E-state index in [0.29, 0.717) is 17.5 Å². The van der Waals surface area contributed by atoms with Crippen LogP contribution in [0.25, 0.3) is 95.7 Å². The first kappa shape index (κ1) is 39.4. The Morgan fingerprint density at radius 3 is 1.41 bits per heavy atom. The molecule has 0 N–H and O–H groups in total. The van der Waals surface area contributed by atoms with Crippen molar-refractivity contribution < 1.29 is 4.42 Å². The molecule has 5 nitrogen and oxygen atoms in total. The van der Waals surface area contributed by atoms with E-state index in [1.807, 2.05) is 12.1 Å². The lowest BCUT2D eigenvalue weighted by Gasteiger charge is -2.30. The summed E-state index contributed by atoms with van der Waals surface area (Å²) < 4.78 is 6.97. The number of anilines is 2. The van der Waals surface area contributed by atoms with E-state index in [1.54, 1.807) is 0 Å². The summed E-state index contributed by atoms with van der Waals surface area (Å²) in [6, 6.07) is 81.4. The van der Waals surface area contributed by atoms with E-state index in [-0.39, 0.29) is 12.0 Å². The van der Waals surface area contributed by atoms with E-state index in [4.69, 9.17) is 19.4 Å². The van der Waals surface area contributed by atoms with Crippen molar-refractivity contribution in [3.8, 4) is 78.7 Å². The van der Waals surface area contributed by atoms with Crippen molar-refractivity contribution in [3.05, 3.63) is 253 Å². The van der Waals surface area contributed by atoms with Crippen molar-refractivity contribution in [3.63, 3.8) is 0 Å². The molecule has 0 amide bonds. The highest BCUT2D eigenvalue weighted by Gasteiger charge is 2.43. The maximum atomic E-state index is 6.97. The fraction of sp³-hybridized carbons (Fsp3) is 0.0317. The van der Waals surface area contributed by atoms with Crippen LogP contribution in [-0.4, -0.2) is 21.0 Å². The minimum atomic E-state index is 0.0345. The van der Waals surface area contributed by atoms with Gasteiger partial charge in [-0.1, -0.05) is 212 Å². The molecule has 0 fully saturated rings. The molecule has 11 aromatic rings. The Kier molecular flexibility index (Phi) is 9.57. The van der Waals surface area contributed by atoms with Crippen LogP contribution in [-0.2, 0) is 0 Å². The number of nitrogens with zero attached hydrogens (tertiary/aromatic N) is 4. The average Bonchev–Trinajstić information content (AvgIpc) is 3.98. The van der Waals surface area contributed by atoms with Gasteiger partial charge in [0.25, 0.3) is 0 Å². The van der Waals surface area contributed by atoms with Gasteiger partial charge in [-0.05, 0) is 80.4 Å². The molecule has 2 atom stereocenters. The second-order valence-electron chi connectivity index (χ2n) is 17.5. The van der Waals surface area contributed by atoms with Gasteiger partial charge in [-0.25, -0.2) is 15.0 Å². The monoisotopic (exact) mass is 870 g/mol. The van der Waals surface area contributed by atoms with Crippen LogP contribution >= 0.6 is 0 Å². The van der Waals surface area contributed by atoms with Gasteiger partial charge in [0.1, 0.15) is 11.3 Å². The van der Waals surface area contributed by atoms with Crippen molar-refractivity contribution in [1.29, 1.82) is 0 Å². The highest BCUT2D eigenvalue weighted by Crippen LogP contribution is 2.54. The van der Waals surface area contributed by atoms with Crippen molar-refractivity contribution in [2.75, 3.05) is 4.90 Å². The molecule has 2 aromatic heterocycles. The molecule has 0 saturated heterocycles. The molecule has 320 valence electrons. The first-order valence-electron chi connectivity index (χ1n) is 23.2. The van der Waals surface area contributed by atoms with Crippen LogP contribution in [0.2, 0.25) is 0 Å². The predicted molar refractivity (Wildman–Crippen MR) is 277 cm³/mol. The SMILES string of the molecule is C1=CC2C(c3ccccc3N2c2cccc(-c3ccc(-c4ccccc4)cc3)c2)c2c1oc1c(-c3nc(-c4ccc(-c5ccccc5)cc4)nc(-c4ccc(-c5ccccc5)cc4)n3)cccc21. The van der Waals surface area contributed by atoms with Crippen LogP contribution in [0.5, 0.6) is 0 Å². The zero-order valence-corrected chi connectivity index (χ0v) is 36.9. The first-order valence-corrected chi connectivity index (χ1v) is 23.2. The molecule has 9 aromatic carbocycles. The summed E-state index contributed by atoms with van der Waals surface area (Å²) >= 11 is 0. The summed E-state index contributed by atoms with van der Waals surface area (Å²) in [5, 5.41) is 1.06. The van der Waals surface area contributed by atoms with Crippen LogP contribution in [0.4, 0.5) is 11.4 Å². The Labute approximate surface area is 395 Å². The van der Waals surface area contributed by atoms with Crippen molar-refractivity contribution in [1.82, 2.24) is 15.0 Å². The van der Waals surface area contributed by atoms with Crippen molar-refractivity contribution in [2.45, 2.75) is 12.0 Å². The minimum absolute atomic E-state index is 0.0345. The molecule has 13 rings (SSSR count). The maximum Gasteiger partial charge on any atom is 0.167 e. The molecule has 0 spiro atoms. The molecule has 5 heteroatoms. The third-order valence-corrected chi connectivity index (χ3v) is 13.5. The van der Waals surface area contributed by atoms with Crippen molar-refractivity contribution >= 4 is 28.4 Å². The summed E-state index contributed by atoms with van der Waals surface area (Å²) in [5.41, 5.74) is 17.6. The van der Waals surface area contributed by atoms with E-state index in [1.165, 1.54) is 39.1 Å². The highest BCUT2D eigenvalue weighted by atomic mass is 16.3. The molecule has 68 heavy (non-hydrogen) atoms. The van der Waals surface area contributed by atoms with Gasteiger partial charge in [0.15, 0.2) is 17.5 Å². The average molecular weight is 871 g/mol. The molecule has 2 aliphatic rings. The summed E-state index contributed by atoms with van der Waals surface area (Å²) in [6.45, 7) is 0. The van der Waals surface area contributed by atoms with E-state index in [0.717, 1.165) is 61.4 Å². The predicted octanol–water partition coefficient (Wildman–Crippen LogP) is 16.0. The van der Waals surface area contributed by atoms with Crippen LogP contribution in [0, 0.1) is 0 Å². The quantitative estimate of drug-likeness (QED) is 0.152. The molecule has 1 aliphatic carbocycles. The Morgan fingerprint density at radius 2 is 0.838 bits per heavy atom. The van der Waals surface area contributed by atoms with Crippen LogP contribution in [0.3, 0.4) is 0 Å². The lowest BCUT2D eigenvalue weighted by molar-refractivity contribution is 0.584. The number of hydrogen-bond donors (Lipinski definition) is 0. The fourth-order valence-corrected chi connectivity index (χ4v) is 10.2. The van der Waals surface area contributed by atoms with Gasteiger partial charge >= 0.3 is 0 Å². The van der Waals surface area contributed by atoms with E-state index < -0.39 is 0 Å². The Bertz CT molecular complexity index is 3560. The van der Waals surface area contributed by atoms with Gasteiger partial charge in [0.2, 0.25) is 0 Å². The molecular formula is C63H42N4O. The van der Waals surface area contributed by atoms with Gasteiger partial charge in [-0.3, -0.25) is 0 Å². The zero-order valence-electron chi connectivity index (χ0n) is 36.9. The number of benzene rings is 9. The first-order chi connectivity index (χ1) is 33.7. The van der Waals surface area contributed by atoms with E-state index in [2.05, 4.69) is 235 Å². The second-order valence-corrected chi connectivity index (χ2v) is 17.5. The number of para-hydroxylation sites is 2. The zero-order chi connectivity index (χ0) is 45.0. The second kappa shape index (κ2) is 16.5. The number of aromatic nitrogens is 3. The third-order valence-electron chi connectivity index (χ3n) is 13.5. The summed E-state index contributed by atoms with van der Waals surface area (Å²) in [7, 11) is 0. The summed E-state index contributed by atoms with van der Waals surface area (Å²) in [4.78, 5) is 18.1. The van der Waals surface area contributed by atoms with Crippen LogP contribution < -0.4 is 4.90 Å². The largest absolute Gasteiger partial charge is 0.456 e. The van der Waals surface area contributed by atoms with Gasteiger partial charge in [0, 0.05) is 39.4 Å². The lowest BCUT2D eigenvalue weighted by atomic mass is 9.82.